The molecule has 0 bridgehead atoms. The van der Waals surface area contributed by atoms with E-state index < -0.39 is 0 Å². The molecule has 1 atom stereocenters. The van der Waals surface area contributed by atoms with Crippen molar-refractivity contribution in [1.82, 2.24) is 15.3 Å². The van der Waals surface area contributed by atoms with Crippen LogP contribution in [0.5, 0.6) is 5.75 Å². The first kappa shape index (κ1) is 20.4. The zero-order valence-electron chi connectivity index (χ0n) is 17.4. The van der Waals surface area contributed by atoms with Gasteiger partial charge < -0.3 is 15.0 Å². The molecule has 1 saturated heterocycles. The number of amides is 1. The number of hydrogen-bond acceptors (Lipinski definition) is 6. The van der Waals surface area contributed by atoms with Crippen LogP contribution in [0.2, 0.25) is 0 Å². The van der Waals surface area contributed by atoms with Crippen LogP contribution in [0.4, 0.5) is 5.95 Å². The number of piperidine rings is 1. The van der Waals surface area contributed by atoms with Gasteiger partial charge >= 0.3 is 0 Å². The molecule has 4 rings (SSSR count). The van der Waals surface area contributed by atoms with Crippen LogP contribution in [0.25, 0.3) is 21.3 Å². The van der Waals surface area contributed by atoms with Gasteiger partial charge in [-0.1, -0.05) is 12.1 Å². The third-order valence-corrected chi connectivity index (χ3v) is 6.29. The zero-order chi connectivity index (χ0) is 21.3. The Balaban J connectivity index is 1.68. The first-order valence-electron chi connectivity index (χ1n) is 10.2. The minimum Gasteiger partial charge on any atom is -0.497 e. The van der Waals surface area contributed by atoms with Crippen LogP contribution in [0, 0.1) is 5.92 Å². The van der Waals surface area contributed by atoms with Crippen molar-refractivity contribution in [2.24, 2.45) is 5.92 Å². The number of H-pyrrole nitrogens is 1. The quantitative estimate of drug-likeness (QED) is 0.653. The van der Waals surface area contributed by atoms with Crippen LogP contribution in [-0.4, -0.2) is 42.1 Å². The van der Waals surface area contributed by atoms with Crippen molar-refractivity contribution < 1.29 is 9.53 Å². The highest BCUT2D eigenvalue weighted by molar-refractivity contribution is 7.17. The summed E-state index contributed by atoms with van der Waals surface area (Å²) in [5, 5.41) is 4.95. The number of carbonyl (C=O) groups excluding carboxylic acids is 1. The molecule has 7 nitrogen and oxygen atoms in total. The van der Waals surface area contributed by atoms with Crippen LogP contribution < -0.4 is 20.5 Å². The van der Waals surface area contributed by atoms with Gasteiger partial charge in [-0.15, -0.1) is 11.3 Å². The summed E-state index contributed by atoms with van der Waals surface area (Å²) in [6, 6.07) is 7.85. The van der Waals surface area contributed by atoms with Crippen molar-refractivity contribution in [1.29, 1.82) is 0 Å². The lowest BCUT2D eigenvalue weighted by molar-refractivity contribution is -0.125. The van der Waals surface area contributed by atoms with Gasteiger partial charge in [0.2, 0.25) is 11.9 Å². The molecule has 1 aliphatic rings. The summed E-state index contributed by atoms with van der Waals surface area (Å²) in [5.74, 6) is 1.23. The van der Waals surface area contributed by atoms with Crippen LogP contribution in [-0.2, 0) is 4.79 Å². The second-order valence-corrected chi connectivity index (χ2v) is 8.78. The Morgan fingerprint density at radius 1 is 1.40 bits per heavy atom. The predicted octanol–water partition coefficient (Wildman–Crippen LogP) is 3.40. The number of benzene rings is 1. The lowest BCUT2D eigenvalue weighted by Crippen LogP contribution is -2.45. The molecule has 1 amide bonds. The van der Waals surface area contributed by atoms with Crippen LogP contribution in [0.1, 0.15) is 26.7 Å². The summed E-state index contributed by atoms with van der Waals surface area (Å²) in [6.45, 7) is 5.23. The number of anilines is 1. The largest absolute Gasteiger partial charge is 0.497 e. The molecule has 0 saturated carbocycles. The summed E-state index contributed by atoms with van der Waals surface area (Å²) < 4.78 is 5.94. The summed E-state index contributed by atoms with van der Waals surface area (Å²) in [5.41, 5.74) is 2.40. The Labute approximate surface area is 179 Å². The highest BCUT2D eigenvalue weighted by Gasteiger charge is 2.28. The van der Waals surface area contributed by atoms with Gasteiger partial charge in [0.15, 0.2) is 0 Å². The topological polar surface area (TPSA) is 87.3 Å². The van der Waals surface area contributed by atoms with Crippen molar-refractivity contribution in [2.45, 2.75) is 32.7 Å². The SMILES string of the molecule is COc1cccc(-c2csc3c(=O)[nH]c(N4CCC[C@@H](C(=O)NC(C)C)C4)nc23)c1. The van der Waals surface area contributed by atoms with Gasteiger partial charge in [-0.2, -0.15) is 0 Å². The number of nitrogens with zero attached hydrogens (tertiary/aromatic N) is 2. The maximum Gasteiger partial charge on any atom is 0.270 e. The van der Waals surface area contributed by atoms with E-state index >= 15 is 0 Å². The summed E-state index contributed by atoms with van der Waals surface area (Å²) in [7, 11) is 1.63. The van der Waals surface area contributed by atoms with Crippen LogP contribution in [0.15, 0.2) is 34.4 Å². The Bertz CT molecular complexity index is 1120. The molecular weight excluding hydrogens is 400 g/mol. The van der Waals surface area contributed by atoms with Gasteiger partial charge in [0, 0.05) is 30.1 Å². The van der Waals surface area contributed by atoms with Crippen molar-refractivity contribution in [3.63, 3.8) is 0 Å². The number of carbonyl (C=O) groups is 1. The fourth-order valence-electron chi connectivity index (χ4n) is 3.85. The third-order valence-electron chi connectivity index (χ3n) is 5.32. The molecule has 3 aromatic rings. The number of hydrogen-bond donors (Lipinski definition) is 2. The van der Waals surface area contributed by atoms with Crippen molar-refractivity contribution in [3.8, 4) is 16.9 Å². The second-order valence-electron chi connectivity index (χ2n) is 7.90. The number of rotatable bonds is 5. The van der Waals surface area contributed by atoms with E-state index in [1.807, 2.05) is 48.4 Å². The van der Waals surface area contributed by atoms with Crippen LogP contribution in [0.3, 0.4) is 0 Å². The molecule has 1 aromatic carbocycles. The summed E-state index contributed by atoms with van der Waals surface area (Å²) in [6.07, 6.45) is 1.72. The first-order chi connectivity index (χ1) is 14.5. The number of aromatic amines is 1. The fourth-order valence-corrected chi connectivity index (χ4v) is 4.76. The Morgan fingerprint density at radius 2 is 2.23 bits per heavy atom. The molecule has 158 valence electrons. The van der Waals surface area contributed by atoms with Crippen molar-refractivity contribution >= 4 is 33.4 Å². The number of fused-ring (bicyclic) bond motifs is 1. The molecule has 1 aliphatic heterocycles. The Kier molecular flexibility index (Phi) is 5.76. The molecule has 0 aliphatic carbocycles. The molecule has 1 fully saturated rings. The van der Waals surface area contributed by atoms with E-state index in [4.69, 9.17) is 9.72 Å². The first-order valence-corrected chi connectivity index (χ1v) is 11.1. The molecule has 0 radical (unpaired) electrons. The predicted molar refractivity (Wildman–Crippen MR) is 120 cm³/mol. The third kappa shape index (κ3) is 4.05. The van der Waals surface area contributed by atoms with Gasteiger partial charge in [-0.05, 0) is 44.4 Å². The molecule has 0 unspecified atom stereocenters. The minimum absolute atomic E-state index is 0.0609. The van der Waals surface area contributed by atoms with E-state index in [2.05, 4.69) is 10.3 Å². The Hall–Kier alpha value is -2.87. The van der Waals surface area contributed by atoms with Gasteiger partial charge in [0.05, 0.1) is 18.5 Å². The lowest BCUT2D eigenvalue weighted by Gasteiger charge is -2.32. The van der Waals surface area contributed by atoms with Gasteiger partial charge in [0.1, 0.15) is 10.4 Å². The normalized spacial score (nSPS) is 16.8. The van der Waals surface area contributed by atoms with E-state index in [9.17, 15) is 9.59 Å². The fraction of sp³-hybridized carbons (Fsp3) is 0.409. The molecule has 30 heavy (non-hydrogen) atoms. The average molecular weight is 427 g/mol. The van der Waals surface area contributed by atoms with Crippen molar-refractivity contribution in [3.05, 3.63) is 40.0 Å². The maximum absolute atomic E-state index is 12.8. The van der Waals surface area contributed by atoms with Gasteiger partial charge in [0.25, 0.3) is 5.56 Å². The van der Waals surface area contributed by atoms with Gasteiger partial charge in [-0.3, -0.25) is 14.6 Å². The Morgan fingerprint density at radius 3 is 3.00 bits per heavy atom. The molecular formula is C22H26N4O3S. The average Bonchev–Trinajstić information content (AvgIpc) is 3.18. The lowest BCUT2D eigenvalue weighted by atomic mass is 9.97. The van der Waals surface area contributed by atoms with E-state index in [-0.39, 0.29) is 23.4 Å². The van der Waals surface area contributed by atoms with Crippen molar-refractivity contribution in [2.75, 3.05) is 25.1 Å². The van der Waals surface area contributed by atoms with E-state index in [0.717, 1.165) is 36.3 Å². The van der Waals surface area contributed by atoms with Gasteiger partial charge in [-0.25, -0.2) is 4.98 Å². The highest BCUT2D eigenvalue weighted by Crippen LogP contribution is 2.33. The number of ether oxygens (including phenoxy) is 1. The van der Waals surface area contributed by atoms with E-state index in [1.54, 1.807) is 7.11 Å². The standard InChI is InChI=1S/C22H26N4O3S/c1-13(2)23-20(27)15-7-5-9-26(11-15)22-24-18-17(12-30-19(18)21(28)25-22)14-6-4-8-16(10-14)29-3/h4,6,8,10,12-13,15H,5,7,9,11H2,1-3H3,(H,23,27)(H,24,25,28)/t15-/m1/s1. The number of aromatic nitrogens is 2. The number of nitrogens with one attached hydrogen (secondary N) is 2. The molecule has 3 heterocycles. The number of methoxy groups -OCH3 is 1. The second kappa shape index (κ2) is 8.47. The summed E-state index contributed by atoms with van der Waals surface area (Å²) >= 11 is 1.39. The number of thiophene rings is 1. The maximum atomic E-state index is 12.8. The monoisotopic (exact) mass is 426 g/mol. The van der Waals surface area contributed by atoms with Crippen LogP contribution >= 0.6 is 11.3 Å². The minimum atomic E-state index is -0.150. The zero-order valence-corrected chi connectivity index (χ0v) is 18.2. The van der Waals surface area contributed by atoms with E-state index in [0.29, 0.717) is 22.7 Å². The smallest absolute Gasteiger partial charge is 0.270 e. The van der Waals surface area contributed by atoms with E-state index in [1.165, 1.54) is 11.3 Å². The molecule has 2 aromatic heterocycles. The molecule has 2 N–H and O–H groups in total. The highest BCUT2D eigenvalue weighted by atomic mass is 32.1. The molecule has 8 heteroatoms. The molecule has 0 spiro atoms. The summed E-state index contributed by atoms with van der Waals surface area (Å²) in [4.78, 5) is 35.0.